The number of aromatic nitrogens is 5. The van der Waals surface area contributed by atoms with Crippen molar-refractivity contribution in [1.29, 1.82) is 0 Å². The normalized spacial score (nSPS) is 20.2. The molecule has 1 N–H and O–H groups in total. The van der Waals surface area contributed by atoms with Crippen molar-refractivity contribution in [1.82, 2.24) is 29.6 Å². The summed E-state index contributed by atoms with van der Waals surface area (Å²) in [6, 6.07) is 11.6. The highest BCUT2D eigenvalue weighted by Gasteiger charge is 2.36. The van der Waals surface area contributed by atoms with Crippen molar-refractivity contribution in [2.75, 3.05) is 6.54 Å². The number of rotatable bonds is 4. The fraction of sp³-hybridized carbons (Fsp3) is 0.300. The minimum Gasteiger partial charge on any atom is -0.392 e. The van der Waals surface area contributed by atoms with Crippen LogP contribution in [-0.2, 0) is 13.6 Å². The third-order valence-electron chi connectivity index (χ3n) is 5.27. The number of β-amino-alcohol motifs (C(OH)–C–C–N with tert-alkyl or cyclic N) is 1. The molecule has 0 spiro atoms. The lowest BCUT2D eigenvalue weighted by molar-refractivity contribution is 0.167. The average Bonchev–Trinajstić information content (AvgIpc) is 3.41. The Labute approximate surface area is 161 Å². The average molecular weight is 376 g/mol. The molecule has 5 rings (SSSR count). The van der Waals surface area contributed by atoms with Crippen molar-refractivity contribution in [3.8, 4) is 11.4 Å². The van der Waals surface area contributed by atoms with E-state index in [1.807, 2.05) is 37.4 Å². The zero-order valence-corrected chi connectivity index (χ0v) is 15.4. The third kappa shape index (κ3) is 2.96. The van der Waals surface area contributed by atoms with Crippen molar-refractivity contribution in [3.63, 3.8) is 0 Å². The van der Waals surface area contributed by atoms with Gasteiger partial charge in [-0.25, -0.2) is 4.98 Å². The first kappa shape index (κ1) is 17.0. The number of likely N-dealkylation sites (tertiary alicyclic amines) is 1. The molecule has 0 amide bonds. The number of fused-ring (bicyclic) bond motifs is 1. The second-order valence-corrected chi connectivity index (χ2v) is 7.10. The first-order valence-corrected chi connectivity index (χ1v) is 9.25. The quantitative estimate of drug-likeness (QED) is 0.584. The minimum atomic E-state index is -0.434. The molecule has 0 saturated carbocycles. The largest absolute Gasteiger partial charge is 0.392 e. The van der Waals surface area contributed by atoms with Crippen LogP contribution in [0.5, 0.6) is 0 Å². The van der Waals surface area contributed by atoms with Gasteiger partial charge in [-0.05, 0) is 30.7 Å². The van der Waals surface area contributed by atoms with Gasteiger partial charge in [-0.1, -0.05) is 17.3 Å². The lowest BCUT2D eigenvalue weighted by atomic mass is 10.2. The van der Waals surface area contributed by atoms with Gasteiger partial charge >= 0.3 is 0 Å². The third-order valence-corrected chi connectivity index (χ3v) is 5.27. The Bertz CT molecular complexity index is 1110. The highest BCUT2D eigenvalue weighted by atomic mass is 16.5. The first-order valence-electron chi connectivity index (χ1n) is 9.25. The molecule has 1 aliphatic rings. The fourth-order valence-corrected chi connectivity index (χ4v) is 3.82. The van der Waals surface area contributed by atoms with E-state index in [0.717, 1.165) is 22.4 Å². The van der Waals surface area contributed by atoms with Crippen LogP contribution in [-0.4, -0.2) is 47.3 Å². The number of aryl methyl sites for hydroxylation is 1. The molecule has 8 nitrogen and oxygen atoms in total. The molecule has 142 valence electrons. The summed E-state index contributed by atoms with van der Waals surface area (Å²) in [7, 11) is 2.01. The van der Waals surface area contributed by atoms with Crippen LogP contribution in [0.15, 0.2) is 53.3 Å². The van der Waals surface area contributed by atoms with Gasteiger partial charge in [0.05, 0.1) is 29.7 Å². The van der Waals surface area contributed by atoms with Gasteiger partial charge in [0.25, 0.3) is 0 Å². The van der Waals surface area contributed by atoms with Crippen molar-refractivity contribution >= 4 is 11.0 Å². The van der Waals surface area contributed by atoms with Gasteiger partial charge in [0.15, 0.2) is 0 Å². The second-order valence-electron chi connectivity index (χ2n) is 7.10. The highest BCUT2D eigenvalue weighted by molar-refractivity contribution is 5.75. The Morgan fingerprint density at radius 3 is 2.79 bits per heavy atom. The van der Waals surface area contributed by atoms with E-state index in [9.17, 15) is 5.11 Å². The molecule has 1 fully saturated rings. The summed E-state index contributed by atoms with van der Waals surface area (Å²) in [5, 5.41) is 14.4. The molecule has 28 heavy (non-hydrogen) atoms. The van der Waals surface area contributed by atoms with E-state index >= 15 is 0 Å². The molecule has 4 aromatic rings. The van der Waals surface area contributed by atoms with Crippen LogP contribution < -0.4 is 0 Å². The van der Waals surface area contributed by atoms with Crippen LogP contribution in [0.3, 0.4) is 0 Å². The molecule has 0 aliphatic carbocycles. The number of benzene rings is 1. The summed E-state index contributed by atoms with van der Waals surface area (Å²) in [4.78, 5) is 15.5. The van der Waals surface area contributed by atoms with Gasteiger partial charge in [0.1, 0.15) is 5.82 Å². The van der Waals surface area contributed by atoms with Crippen LogP contribution >= 0.6 is 0 Å². The van der Waals surface area contributed by atoms with Gasteiger partial charge in [0, 0.05) is 31.5 Å². The van der Waals surface area contributed by atoms with Gasteiger partial charge in [-0.2, -0.15) is 4.98 Å². The van der Waals surface area contributed by atoms with E-state index in [2.05, 4.69) is 30.7 Å². The van der Waals surface area contributed by atoms with Crippen molar-refractivity contribution in [2.45, 2.75) is 25.1 Å². The zero-order valence-electron chi connectivity index (χ0n) is 15.4. The van der Waals surface area contributed by atoms with Crippen molar-refractivity contribution in [2.24, 2.45) is 7.05 Å². The van der Waals surface area contributed by atoms with E-state index in [-0.39, 0.29) is 6.04 Å². The lowest BCUT2D eigenvalue weighted by Crippen LogP contribution is -2.26. The lowest BCUT2D eigenvalue weighted by Gasteiger charge is -2.20. The van der Waals surface area contributed by atoms with E-state index in [1.54, 1.807) is 12.4 Å². The van der Waals surface area contributed by atoms with E-state index in [4.69, 9.17) is 9.51 Å². The summed E-state index contributed by atoms with van der Waals surface area (Å²) in [6.45, 7) is 1.14. The molecule has 2 unspecified atom stereocenters. The van der Waals surface area contributed by atoms with Crippen molar-refractivity contribution in [3.05, 3.63) is 60.5 Å². The number of imidazole rings is 1. The summed E-state index contributed by atoms with van der Waals surface area (Å²) < 4.78 is 7.64. The number of para-hydroxylation sites is 2. The topological polar surface area (TPSA) is 93.1 Å². The number of aliphatic hydroxyl groups excluding tert-OH is 1. The number of pyridine rings is 1. The molecule has 1 saturated heterocycles. The maximum Gasteiger partial charge on any atom is 0.244 e. The highest BCUT2D eigenvalue weighted by Crippen LogP contribution is 2.33. The second kappa shape index (κ2) is 6.81. The number of hydrogen-bond donors (Lipinski definition) is 1. The molecule has 4 heterocycles. The predicted octanol–water partition coefficient (Wildman–Crippen LogP) is 2.33. The summed E-state index contributed by atoms with van der Waals surface area (Å²) in [5.74, 6) is 1.98. The van der Waals surface area contributed by atoms with Crippen molar-refractivity contribution < 1.29 is 9.63 Å². The molecular weight excluding hydrogens is 356 g/mol. The van der Waals surface area contributed by atoms with Crippen LogP contribution in [0.1, 0.15) is 24.2 Å². The van der Waals surface area contributed by atoms with Gasteiger partial charge in [-0.3, -0.25) is 9.88 Å². The standard InChI is InChI=1S/C20H20N6O2/c1-25-16-5-3-2-4-15(16)22-18(25)12-26-11-14(27)10-17(26)20-23-19(24-28-20)13-6-8-21-9-7-13/h2-9,14,17,27H,10-12H2,1H3. The smallest absolute Gasteiger partial charge is 0.244 e. The Balaban J connectivity index is 1.43. The van der Waals surface area contributed by atoms with Crippen LogP contribution in [0.25, 0.3) is 22.4 Å². The van der Waals surface area contributed by atoms with Crippen LogP contribution in [0.2, 0.25) is 0 Å². The van der Waals surface area contributed by atoms with Crippen LogP contribution in [0.4, 0.5) is 0 Å². The number of hydrogen-bond acceptors (Lipinski definition) is 7. The van der Waals surface area contributed by atoms with E-state index in [0.29, 0.717) is 31.2 Å². The van der Waals surface area contributed by atoms with E-state index < -0.39 is 6.10 Å². The molecule has 1 aliphatic heterocycles. The minimum absolute atomic E-state index is 0.141. The molecule has 8 heteroatoms. The monoisotopic (exact) mass is 376 g/mol. The summed E-state index contributed by atoms with van der Waals surface area (Å²) >= 11 is 0. The number of aliphatic hydroxyl groups is 1. The maximum atomic E-state index is 10.3. The molecule has 3 aromatic heterocycles. The summed E-state index contributed by atoms with van der Waals surface area (Å²) in [5.41, 5.74) is 2.91. The Hall–Kier alpha value is -3.10. The Morgan fingerprint density at radius 2 is 1.96 bits per heavy atom. The number of nitrogens with zero attached hydrogens (tertiary/aromatic N) is 6. The maximum absolute atomic E-state index is 10.3. The summed E-state index contributed by atoms with van der Waals surface area (Å²) in [6.07, 6.45) is 3.52. The van der Waals surface area contributed by atoms with Gasteiger partial charge < -0.3 is 14.2 Å². The Kier molecular flexibility index (Phi) is 4.14. The molecule has 1 aromatic carbocycles. The van der Waals surface area contributed by atoms with Crippen LogP contribution in [0, 0.1) is 0 Å². The van der Waals surface area contributed by atoms with E-state index in [1.165, 1.54) is 0 Å². The SMILES string of the molecule is Cn1c(CN2CC(O)CC2c2nc(-c3ccncc3)no2)nc2ccccc21. The molecule has 0 radical (unpaired) electrons. The van der Waals surface area contributed by atoms with Gasteiger partial charge in [0.2, 0.25) is 11.7 Å². The zero-order chi connectivity index (χ0) is 19.1. The predicted molar refractivity (Wildman–Crippen MR) is 102 cm³/mol. The molecule has 0 bridgehead atoms. The molecular formula is C20H20N6O2. The first-order chi connectivity index (χ1) is 13.7. The molecule has 2 atom stereocenters. The Morgan fingerprint density at radius 1 is 1.14 bits per heavy atom. The fourth-order valence-electron chi connectivity index (χ4n) is 3.82. The van der Waals surface area contributed by atoms with Gasteiger partial charge in [-0.15, -0.1) is 0 Å².